The Balaban J connectivity index is 2.00. The molecule has 0 heterocycles. The molecular weight excluding hydrogens is 296 g/mol. The fourth-order valence-corrected chi connectivity index (χ4v) is 2.58. The summed E-state index contributed by atoms with van der Waals surface area (Å²) in [6.45, 7) is 0. The van der Waals surface area contributed by atoms with Crippen molar-refractivity contribution in [2.24, 2.45) is 0 Å². The first-order chi connectivity index (χ1) is 11.7. The first-order valence-corrected chi connectivity index (χ1v) is 7.86. The number of phenols is 1. The Morgan fingerprint density at radius 3 is 2.04 bits per heavy atom. The molecule has 0 bridgehead atoms. The third-order valence-corrected chi connectivity index (χ3v) is 3.83. The predicted octanol–water partition coefficient (Wildman–Crippen LogP) is 4.74. The summed E-state index contributed by atoms with van der Waals surface area (Å²) in [5, 5.41) is 10.0. The molecule has 0 aliphatic heterocycles. The van der Waals surface area contributed by atoms with E-state index in [0.717, 1.165) is 11.1 Å². The quantitative estimate of drug-likeness (QED) is 0.545. The van der Waals surface area contributed by atoms with E-state index in [1.54, 1.807) is 24.3 Å². The van der Waals surface area contributed by atoms with Gasteiger partial charge in [0, 0.05) is 17.6 Å². The molecule has 0 saturated heterocycles. The number of rotatable bonds is 5. The Bertz CT molecular complexity index is 849. The molecular formula is C22H18O2. The van der Waals surface area contributed by atoms with E-state index in [1.807, 2.05) is 66.7 Å². The number of phenolic OH excluding ortho intramolecular Hbond substituents is 1. The Labute approximate surface area is 141 Å². The Hall–Kier alpha value is -3.13. The molecule has 0 spiro atoms. The van der Waals surface area contributed by atoms with E-state index >= 15 is 0 Å². The molecule has 1 N–H and O–H groups in total. The molecule has 0 aliphatic rings. The second kappa shape index (κ2) is 7.42. The van der Waals surface area contributed by atoms with Crippen molar-refractivity contribution in [3.05, 3.63) is 102 Å². The fourth-order valence-electron chi connectivity index (χ4n) is 2.58. The number of Topliss-reactive ketones (excluding diaryl/α,β-unsaturated/α-hetero) is 1. The fraction of sp³-hybridized carbons (Fsp3) is 0.0455. The minimum Gasteiger partial charge on any atom is -0.507 e. The van der Waals surface area contributed by atoms with Gasteiger partial charge < -0.3 is 5.11 Å². The van der Waals surface area contributed by atoms with Crippen molar-refractivity contribution in [2.45, 2.75) is 6.42 Å². The highest BCUT2D eigenvalue weighted by atomic mass is 16.3. The van der Waals surface area contributed by atoms with Crippen molar-refractivity contribution in [3.8, 4) is 5.75 Å². The SMILES string of the molecule is O=C(Cc1ccccc1)C(=Cc1ccccc1O)c1ccccc1. The van der Waals surface area contributed by atoms with E-state index < -0.39 is 0 Å². The highest BCUT2D eigenvalue weighted by molar-refractivity contribution is 6.26. The van der Waals surface area contributed by atoms with Crippen molar-refractivity contribution < 1.29 is 9.90 Å². The van der Waals surface area contributed by atoms with E-state index in [0.29, 0.717) is 17.6 Å². The zero-order valence-electron chi connectivity index (χ0n) is 13.2. The average Bonchev–Trinajstić information content (AvgIpc) is 2.62. The third kappa shape index (κ3) is 3.79. The number of hydrogen-bond acceptors (Lipinski definition) is 2. The van der Waals surface area contributed by atoms with Gasteiger partial charge >= 0.3 is 0 Å². The summed E-state index contributed by atoms with van der Waals surface area (Å²) in [4.78, 5) is 12.9. The van der Waals surface area contributed by atoms with Crippen molar-refractivity contribution in [1.82, 2.24) is 0 Å². The maximum Gasteiger partial charge on any atom is 0.167 e. The smallest absolute Gasteiger partial charge is 0.167 e. The Morgan fingerprint density at radius 2 is 1.38 bits per heavy atom. The third-order valence-electron chi connectivity index (χ3n) is 3.83. The van der Waals surface area contributed by atoms with Crippen LogP contribution in [0.5, 0.6) is 5.75 Å². The summed E-state index contributed by atoms with van der Waals surface area (Å²) in [5.74, 6) is 0.189. The van der Waals surface area contributed by atoms with Crippen molar-refractivity contribution in [2.75, 3.05) is 0 Å². The lowest BCUT2D eigenvalue weighted by atomic mass is 9.95. The lowest BCUT2D eigenvalue weighted by Gasteiger charge is -2.09. The summed E-state index contributed by atoms with van der Waals surface area (Å²) in [7, 11) is 0. The summed E-state index contributed by atoms with van der Waals surface area (Å²) in [6.07, 6.45) is 2.09. The van der Waals surface area contributed by atoms with Crippen molar-refractivity contribution >= 4 is 17.4 Å². The molecule has 0 radical (unpaired) electrons. The molecule has 0 fully saturated rings. The first kappa shape index (κ1) is 15.8. The molecule has 2 nitrogen and oxygen atoms in total. The van der Waals surface area contributed by atoms with Gasteiger partial charge in [0.25, 0.3) is 0 Å². The molecule has 3 rings (SSSR count). The number of aromatic hydroxyl groups is 1. The van der Waals surface area contributed by atoms with Crippen LogP contribution in [0.2, 0.25) is 0 Å². The van der Waals surface area contributed by atoms with Gasteiger partial charge in [0.1, 0.15) is 5.75 Å². The van der Waals surface area contributed by atoms with Crippen LogP contribution in [0.1, 0.15) is 16.7 Å². The summed E-state index contributed by atoms with van der Waals surface area (Å²) in [5.41, 5.74) is 3.06. The average molecular weight is 314 g/mol. The predicted molar refractivity (Wildman–Crippen MR) is 97.6 cm³/mol. The second-order valence-corrected chi connectivity index (χ2v) is 5.57. The highest BCUT2D eigenvalue weighted by Gasteiger charge is 2.13. The molecule has 0 saturated carbocycles. The molecule has 0 unspecified atom stereocenters. The normalized spacial score (nSPS) is 11.2. The second-order valence-electron chi connectivity index (χ2n) is 5.57. The molecule has 0 aromatic heterocycles. The van der Waals surface area contributed by atoms with Gasteiger partial charge in [0.05, 0.1) is 0 Å². The first-order valence-electron chi connectivity index (χ1n) is 7.86. The summed E-state index contributed by atoms with van der Waals surface area (Å²) < 4.78 is 0. The molecule has 3 aromatic carbocycles. The van der Waals surface area contributed by atoms with E-state index in [4.69, 9.17) is 0 Å². The van der Waals surface area contributed by atoms with Crippen molar-refractivity contribution in [3.63, 3.8) is 0 Å². The number of ketones is 1. The van der Waals surface area contributed by atoms with Crippen LogP contribution in [0.25, 0.3) is 11.6 Å². The number of allylic oxidation sites excluding steroid dienone is 1. The Morgan fingerprint density at radius 1 is 0.792 bits per heavy atom. The molecule has 0 atom stereocenters. The van der Waals surface area contributed by atoms with Crippen LogP contribution in [0.3, 0.4) is 0 Å². The van der Waals surface area contributed by atoms with Gasteiger partial charge in [0.2, 0.25) is 0 Å². The lowest BCUT2D eigenvalue weighted by molar-refractivity contribution is -0.113. The summed E-state index contributed by atoms with van der Waals surface area (Å²) >= 11 is 0. The topological polar surface area (TPSA) is 37.3 Å². The van der Waals surface area contributed by atoms with Crippen LogP contribution in [0.4, 0.5) is 0 Å². The highest BCUT2D eigenvalue weighted by Crippen LogP contribution is 2.25. The largest absolute Gasteiger partial charge is 0.507 e. The van der Waals surface area contributed by atoms with Crippen LogP contribution in [0, 0.1) is 0 Å². The van der Waals surface area contributed by atoms with Gasteiger partial charge in [-0.3, -0.25) is 4.79 Å². The zero-order chi connectivity index (χ0) is 16.8. The number of para-hydroxylation sites is 1. The minimum atomic E-state index is 0.0238. The van der Waals surface area contributed by atoms with Crippen LogP contribution in [-0.2, 0) is 11.2 Å². The molecule has 0 amide bonds. The van der Waals surface area contributed by atoms with Gasteiger partial charge in [-0.25, -0.2) is 0 Å². The number of carbonyl (C=O) groups is 1. The van der Waals surface area contributed by atoms with Crippen molar-refractivity contribution in [1.29, 1.82) is 0 Å². The zero-order valence-corrected chi connectivity index (χ0v) is 13.2. The van der Waals surface area contributed by atoms with Gasteiger partial charge in [-0.15, -0.1) is 0 Å². The standard InChI is InChI=1S/C22H18O2/c23-21-14-8-7-13-19(21)16-20(18-11-5-2-6-12-18)22(24)15-17-9-3-1-4-10-17/h1-14,16,23H,15H2. The Kier molecular flexibility index (Phi) is 4.87. The summed E-state index contributed by atoms with van der Waals surface area (Å²) in [6, 6.07) is 26.3. The van der Waals surface area contributed by atoms with Gasteiger partial charge in [-0.1, -0.05) is 78.9 Å². The number of carbonyl (C=O) groups excluding carboxylic acids is 1. The minimum absolute atomic E-state index is 0.0238. The molecule has 2 heteroatoms. The monoisotopic (exact) mass is 314 g/mol. The van der Waals surface area contributed by atoms with Crippen LogP contribution >= 0.6 is 0 Å². The van der Waals surface area contributed by atoms with Gasteiger partial charge in [-0.05, 0) is 23.3 Å². The molecule has 0 aliphatic carbocycles. The number of hydrogen-bond donors (Lipinski definition) is 1. The van der Waals surface area contributed by atoms with Crippen LogP contribution in [-0.4, -0.2) is 10.9 Å². The maximum absolute atomic E-state index is 12.9. The van der Waals surface area contributed by atoms with E-state index in [1.165, 1.54) is 0 Å². The van der Waals surface area contributed by atoms with E-state index in [-0.39, 0.29) is 11.5 Å². The lowest BCUT2D eigenvalue weighted by Crippen LogP contribution is -2.06. The van der Waals surface area contributed by atoms with Gasteiger partial charge in [-0.2, -0.15) is 0 Å². The molecule has 118 valence electrons. The number of benzene rings is 3. The molecule has 24 heavy (non-hydrogen) atoms. The molecule has 3 aromatic rings. The van der Waals surface area contributed by atoms with Crippen LogP contribution in [0.15, 0.2) is 84.9 Å². The van der Waals surface area contributed by atoms with E-state index in [9.17, 15) is 9.90 Å². The maximum atomic E-state index is 12.9. The van der Waals surface area contributed by atoms with E-state index in [2.05, 4.69) is 0 Å². The van der Waals surface area contributed by atoms with Gasteiger partial charge in [0.15, 0.2) is 5.78 Å². The van der Waals surface area contributed by atoms with Crippen LogP contribution < -0.4 is 0 Å².